The minimum Gasteiger partial charge on any atom is -0.454 e. The Balaban J connectivity index is 1.95. The van der Waals surface area contributed by atoms with Gasteiger partial charge in [0.15, 0.2) is 11.5 Å². The van der Waals surface area contributed by atoms with Gasteiger partial charge in [0, 0.05) is 19.2 Å². The first-order valence-corrected chi connectivity index (χ1v) is 13.0. The van der Waals surface area contributed by atoms with Gasteiger partial charge in [0.25, 0.3) is 0 Å². The Kier molecular flexibility index (Phi) is 8.03. The number of ether oxygens (including phenoxy) is 2. The predicted octanol–water partition coefficient (Wildman–Crippen LogP) is 2.43. The van der Waals surface area contributed by atoms with E-state index in [0.717, 1.165) is 21.7 Å². The van der Waals surface area contributed by atoms with Crippen LogP contribution < -0.4 is 19.1 Å². The maximum atomic E-state index is 13.6. The molecule has 2 amide bonds. The Hall–Kier alpha value is -3.27. The average molecular weight is 490 g/mol. The van der Waals surface area contributed by atoms with Crippen LogP contribution in [-0.4, -0.2) is 57.3 Å². The van der Waals surface area contributed by atoms with Gasteiger partial charge in [0.05, 0.1) is 11.9 Å². The summed E-state index contributed by atoms with van der Waals surface area (Å²) in [5.41, 5.74) is 2.14. The van der Waals surface area contributed by atoms with Gasteiger partial charge in [0.2, 0.25) is 28.6 Å². The summed E-state index contributed by atoms with van der Waals surface area (Å²) in [6.07, 6.45) is 1.42. The summed E-state index contributed by atoms with van der Waals surface area (Å²) in [7, 11) is -3.82. The van der Waals surface area contributed by atoms with E-state index >= 15 is 0 Å². The Labute approximate surface area is 200 Å². The van der Waals surface area contributed by atoms with Gasteiger partial charge >= 0.3 is 0 Å². The highest BCUT2D eigenvalue weighted by Gasteiger charge is 2.32. The second-order valence-electron chi connectivity index (χ2n) is 8.07. The molecule has 1 N–H and O–H groups in total. The van der Waals surface area contributed by atoms with Gasteiger partial charge in [0.1, 0.15) is 12.6 Å². The minimum absolute atomic E-state index is 0.0471. The van der Waals surface area contributed by atoms with Crippen molar-refractivity contribution >= 4 is 27.5 Å². The molecule has 0 saturated carbocycles. The maximum Gasteiger partial charge on any atom is 0.244 e. The van der Waals surface area contributed by atoms with Crippen LogP contribution in [0.5, 0.6) is 11.5 Å². The standard InChI is InChI=1S/C24H31N3O6S/c1-5-20(24(29)25-6-2)26(14-18-10-8-7-9-17(18)3)23(28)15-27(34(4,30)31)19-11-12-21-22(13-19)33-16-32-21/h7-13,20H,5-6,14-16H2,1-4H3,(H,25,29)/t20-/m1/s1. The number of anilines is 1. The lowest BCUT2D eigenvalue weighted by Gasteiger charge is -2.33. The number of hydrogen-bond acceptors (Lipinski definition) is 6. The number of likely N-dealkylation sites (N-methyl/N-ethyl adjacent to an activating group) is 1. The molecule has 2 aromatic carbocycles. The fourth-order valence-electron chi connectivity index (χ4n) is 3.84. The molecule has 9 nitrogen and oxygen atoms in total. The molecular weight excluding hydrogens is 458 g/mol. The van der Waals surface area contributed by atoms with Crippen LogP contribution in [0.3, 0.4) is 0 Å². The van der Waals surface area contributed by atoms with Gasteiger partial charge in [-0.2, -0.15) is 0 Å². The zero-order valence-electron chi connectivity index (χ0n) is 19.9. The molecule has 10 heteroatoms. The molecule has 1 heterocycles. The first-order chi connectivity index (χ1) is 16.2. The molecule has 0 saturated heterocycles. The fourth-order valence-corrected chi connectivity index (χ4v) is 4.68. The summed E-state index contributed by atoms with van der Waals surface area (Å²) < 4.78 is 37.1. The van der Waals surface area contributed by atoms with Gasteiger partial charge < -0.3 is 19.7 Å². The second-order valence-corrected chi connectivity index (χ2v) is 9.98. The van der Waals surface area contributed by atoms with E-state index in [1.54, 1.807) is 12.1 Å². The molecule has 0 aliphatic carbocycles. The summed E-state index contributed by atoms with van der Waals surface area (Å²) >= 11 is 0. The monoisotopic (exact) mass is 489 g/mol. The molecule has 0 bridgehead atoms. The van der Waals surface area contributed by atoms with E-state index < -0.39 is 28.5 Å². The highest BCUT2D eigenvalue weighted by molar-refractivity contribution is 7.92. The Morgan fingerprint density at radius 3 is 2.44 bits per heavy atom. The largest absolute Gasteiger partial charge is 0.454 e. The van der Waals surface area contributed by atoms with Crippen molar-refractivity contribution in [1.29, 1.82) is 0 Å². The van der Waals surface area contributed by atoms with Crippen LogP contribution in [0.15, 0.2) is 42.5 Å². The highest BCUT2D eigenvalue weighted by Crippen LogP contribution is 2.36. The molecule has 34 heavy (non-hydrogen) atoms. The molecule has 0 radical (unpaired) electrons. The third-order valence-corrected chi connectivity index (χ3v) is 6.80. The molecule has 1 aliphatic heterocycles. The van der Waals surface area contributed by atoms with Crippen molar-refractivity contribution in [2.45, 2.75) is 39.8 Å². The normalized spacial score (nSPS) is 13.3. The quantitative estimate of drug-likeness (QED) is 0.550. The Morgan fingerprint density at radius 2 is 1.79 bits per heavy atom. The van der Waals surface area contributed by atoms with Crippen molar-refractivity contribution in [3.8, 4) is 11.5 Å². The number of aryl methyl sites for hydroxylation is 1. The van der Waals surface area contributed by atoms with Gasteiger partial charge in [-0.15, -0.1) is 0 Å². The molecule has 3 rings (SSSR count). The number of amides is 2. The smallest absolute Gasteiger partial charge is 0.244 e. The maximum absolute atomic E-state index is 13.6. The zero-order valence-corrected chi connectivity index (χ0v) is 20.7. The van der Waals surface area contributed by atoms with Crippen molar-refractivity contribution in [3.63, 3.8) is 0 Å². The molecular formula is C24H31N3O6S. The van der Waals surface area contributed by atoms with E-state index in [0.29, 0.717) is 24.5 Å². The lowest BCUT2D eigenvalue weighted by Crippen LogP contribution is -2.52. The van der Waals surface area contributed by atoms with Crippen LogP contribution in [0.1, 0.15) is 31.4 Å². The number of benzene rings is 2. The van der Waals surface area contributed by atoms with E-state index in [1.165, 1.54) is 11.0 Å². The van der Waals surface area contributed by atoms with Crippen LogP contribution in [0.2, 0.25) is 0 Å². The SMILES string of the molecule is CCNC(=O)[C@@H](CC)N(Cc1ccccc1C)C(=O)CN(c1ccc2c(c1)OCO2)S(C)(=O)=O. The molecule has 184 valence electrons. The van der Waals surface area contributed by atoms with E-state index in [1.807, 2.05) is 45.0 Å². The third-order valence-electron chi connectivity index (χ3n) is 5.66. The van der Waals surface area contributed by atoms with E-state index in [-0.39, 0.29) is 24.9 Å². The van der Waals surface area contributed by atoms with Crippen molar-refractivity contribution in [1.82, 2.24) is 10.2 Å². The van der Waals surface area contributed by atoms with Crippen molar-refractivity contribution in [2.24, 2.45) is 0 Å². The zero-order chi connectivity index (χ0) is 24.9. The summed E-state index contributed by atoms with van der Waals surface area (Å²) in [5, 5.41) is 2.78. The molecule has 1 aliphatic rings. The first kappa shape index (κ1) is 25.4. The summed E-state index contributed by atoms with van der Waals surface area (Å²) in [6.45, 7) is 5.76. The lowest BCUT2D eigenvalue weighted by atomic mass is 10.1. The number of hydrogen-bond donors (Lipinski definition) is 1. The van der Waals surface area contributed by atoms with Crippen LogP contribution >= 0.6 is 0 Å². The first-order valence-electron chi connectivity index (χ1n) is 11.1. The van der Waals surface area contributed by atoms with Crippen LogP contribution in [0.25, 0.3) is 0 Å². The van der Waals surface area contributed by atoms with Crippen LogP contribution in [0, 0.1) is 6.92 Å². The van der Waals surface area contributed by atoms with Crippen LogP contribution in [-0.2, 0) is 26.2 Å². The van der Waals surface area contributed by atoms with Gasteiger partial charge in [-0.3, -0.25) is 13.9 Å². The van der Waals surface area contributed by atoms with E-state index in [9.17, 15) is 18.0 Å². The number of fused-ring (bicyclic) bond motifs is 1. The van der Waals surface area contributed by atoms with Crippen molar-refractivity contribution in [2.75, 3.05) is 30.4 Å². The lowest BCUT2D eigenvalue weighted by molar-refractivity contribution is -0.140. The Morgan fingerprint density at radius 1 is 1.09 bits per heavy atom. The molecule has 2 aromatic rings. The van der Waals surface area contributed by atoms with Gasteiger partial charge in [-0.25, -0.2) is 8.42 Å². The van der Waals surface area contributed by atoms with Gasteiger partial charge in [-0.05, 0) is 43.5 Å². The molecule has 0 unspecified atom stereocenters. The molecule has 0 spiro atoms. The predicted molar refractivity (Wildman–Crippen MR) is 129 cm³/mol. The van der Waals surface area contributed by atoms with E-state index in [4.69, 9.17) is 9.47 Å². The average Bonchev–Trinajstić information content (AvgIpc) is 3.25. The Bertz CT molecular complexity index is 1150. The molecule has 0 fully saturated rings. The highest BCUT2D eigenvalue weighted by atomic mass is 32.2. The fraction of sp³-hybridized carbons (Fsp3) is 0.417. The number of carbonyl (C=O) groups excluding carboxylic acids is 2. The van der Waals surface area contributed by atoms with E-state index in [2.05, 4.69) is 5.32 Å². The number of carbonyl (C=O) groups is 2. The minimum atomic E-state index is -3.82. The number of rotatable bonds is 10. The van der Waals surface area contributed by atoms with Crippen molar-refractivity contribution in [3.05, 3.63) is 53.6 Å². The topological polar surface area (TPSA) is 105 Å². The summed E-state index contributed by atoms with van der Waals surface area (Å²) in [5.74, 6) is 0.154. The number of nitrogens with one attached hydrogen (secondary N) is 1. The van der Waals surface area contributed by atoms with Crippen molar-refractivity contribution < 1.29 is 27.5 Å². The second kappa shape index (κ2) is 10.8. The number of nitrogens with zero attached hydrogens (tertiary/aromatic N) is 2. The molecule has 1 atom stereocenters. The van der Waals surface area contributed by atoms with Crippen LogP contribution in [0.4, 0.5) is 5.69 Å². The summed E-state index contributed by atoms with van der Waals surface area (Å²) in [6, 6.07) is 11.6. The third kappa shape index (κ3) is 5.80. The summed E-state index contributed by atoms with van der Waals surface area (Å²) in [4.78, 5) is 27.9. The number of sulfonamides is 1. The molecule has 0 aromatic heterocycles. The van der Waals surface area contributed by atoms with Gasteiger partial charge in [-0.1, -0.05) is 31.2 Å².